The minimum Gasteiger partial charge on any atom is -0.350 e. The number of aromatic nitrogens is 3. The molecule has 6 heteroatoms. The third-order valence-electron chi connectivity index (χ3n) is 5.69. The number of hydrogen-bond acceptors (Lipinski definition) is 4. The second-order valence-corrected chi connectivity index (χ2v) is 7.46. The van der Waals surface area contributed by atoms with Crippen LogP contribution in [0.25, 0.3) is 22.3 Å². The molecule has 4 rings (SSSR count). The summed E-state index contributed by atoms with van der Waals surface area (Å²) in [4.78, 5) is 20.4. The molecule has 1 unspecified atom stereocenters. The molecule has 146 valence electrons. The monoisotopic (exact) mass is 377 g/mol. The van der Waals surface area contributed by atoms with Gasteiger partial charge in [0, 0.05) is 25.2 Å². The number of aryl methyl sites for hydroxylation is 2. The quantitative estimate of drug-likeness (QED) is 0.742. The van der Waals surface area contributed by atoms with Gasteiger partial charge in [0.25, 0.3) is 5.91 Å². The maximum absolute atomic E-state index is 13.2. The highest BCUT2D eigenvalue weighted by Crippen LogP contribution is 2.27. The van der Waals surface area contributed by atoms with E-state index in [4.69, 9.17) is 4.98 Å². The van der Waals surface area contributed by atoms with Gasteiger partial charge in [-0.15, -0.1) is 0 Å². The van der Waals surface area contributed by atoms with E-state index in [1.807, 2.05) is 50.4 Å². The van der Waals surface area contributed by atoms with E-state index in [1.165, 1.54) is 6.42 Å². The average molecular weight is 377 g/mol. The molecule has 1 amide bonds. The molecular formula is C22H27N5O. The molecule has 0 saturated carbocycles. The molecule has 0 radical (unpaired) electrons. The third-order valence-corrected chi connectivity index (χ3v) is 5.69. The minimum atomic E-state index is -0.0522. The number of nitrogens with zero attached hydrogens (tertiary/aromatic N) is 4. The van der Waals surface area contributed by atoms with Crippen molar-refractivity contribution in [1.82, 2.24) is 25.0 Å². The number of carbonyl (C=O) groups excluding carboxylic acids is 1. The zero-order valence-electron chi connectivity index (χ0n) is 16.8. The Balaban J connectivity index is 1.69. The van der Waals surface area contributed by atoms with Gasteiger partial charge >= 0.3 is 0 Å². The molecule has 1 saturated heterocycles. The Labute approximate surface area is 165 Å². The van der Waals surface area contributed by atoms with E-state index < -0.39 is 0 Å². The van der Waals surface area contributed by atoms with Crippen molar-refractivity contribution in [3.05, 3.63) is 47.7 Å². The SMILES string of the molecule is CCN1CCCC1CNC(=O)c1cc(-c2ccccc2)nc2c1c(C)nn2C. The van der Waals surface area contributed by atoms with Gasteiger partial charge in [-0.05, 0) is 38.9 Å². The van der Waals surface area contributed by atoms with E-state index in [0.717, 1.165) is 47.5 Å². The van der Waals surface area contributed by atoms with E-state index in [1.54, 1.807) is 4.68 Å². The number of carbonyl (C=O) groups is 1. The first-order chi connectivity index (χ1) is 13.6. The maximum atomic E-state index is 13.2. The van der Waals surface area contributed by atoms with E-state index in [2.05, 4.69) is 22.2 Å². The molecule has 3 aromatic rings. The van der Waals surface area contributed by atoms with Gasteiger partial charge in [0.15, 0.2) is 5.65 Å². The van der Waals surface area contributed by atoms with Crippen molar-refractivity contribution < 1.29 is 4.79 Å². The van der Waals surface area contributed by atoms with E-state index >= 15 is 0 Å². The number of pyridine rings is 1. The maximum Gasteiger partial charge on any atom is 0.252 e. The Kier molecular flexibility index (Phi) is 5.13. The van der Waals surface area contributed by atoms with Crippen molar-refractivity contribution in [3.8, 4) is 11.3 Å². The van der Waals surface area contributed by atoms with Crippen LogP contribution in [0.4, 0.5) is 0 Å². The van der Waals surface area contributed by atoms with Gasteiger partial charge in [0.1, 0.15) is 0 Å². The molecule has 0 aliphatic carbocycles. The van der Waals surface area contributed by atoms with Crippen molar-refractivity contribution >= 4 is 16.9 Å². The lowest BCUT2D eigenvalue weighted by Gasteiger charge is -2.23. The summed E-state index contributed by atoms with van der Waals surface area (Å²) in [6, 6.07) is 12.3. The zero-order valence-corrected chi connectivity index (χ0v) is 16.8. The fraction of sp³-hybridized carbons (Fsp3) is 0.409. The number of rotatable bonds is 5. The van der Waals surface area contributed by atoms with E-state index in [0.29, 0.717) is 18.2 Å². The number of benzene rings is 1. The number of amides is 1. The van der Waals surface area contributed by atoms with Crippen LogP contribution >= 0.6 is 0 Å². The molecule has 1 aliphatic rings. The van der Waals surface area contributed by atoms with E-state index in [-0.39, 0.29) is 5.91 Å². The summed E-state index contributed by atoms with van der Waals surface area (Å²) in [6.45, 7) is 6.93. The summed E-state index contributed by atoms with van der Waals surface area (Å²) in [5, 5.41) is 8.50. The first kappa shape index (κ1) is 18.6. The minimum absolute atomic E-state index is 0.0522. The van der Waals surface area contributed by atoms with E-state index in [9.17, 15) is 4.79 Å². The molecule has 1 aromatic carbocycles. The van der Waals surface area contributed by atoms with Gasteiger partial charge in [-0.2, -0.15) is 5.10 Å². The van der Waals surface area contributed by atoms with Gasteiger partial charge in [0.2, 0.25) is 0 Å². The molecule has 3 heterocycles. The first-order valence-corrected chi connectivity index (χ1v) is 10.0. The third kappa shape index (κ3) is 3.40. The van der Waals surface area contributed by atoms with Gasteiger partial charge in [0.05, 0.1) is 22.3 Å². The topological polar surface area (TPSA) is 63.1 Å². The van der Waals surface area contributed by atoms with Crippen molar-refractivity contribution in [3.63, 3.8) is 0 Å². The lowest BCUT2D eigenvalue weighted by Crippen LogP contribution is -2.40. The Morgan fingerprint density at radius 3 is 2.82 bits per heavy atom. The van der Waals surface area contributed by atoms with Crippen LogP contribution in [0.2, 0.25) is 0 Å². The summed E-state index contributed by atoms with van der Waals surface area (Å²) in [5.41, 5.74) is 3.99. The second kappa shape index (κ2) is 7.72. The van der Waals surface area contributed by atoms with Gasteiger partial charge < -0.3 is 5.32 Å². The van der Waals surface area contributed by atoms with Crippen LogP contribution in [0.1, 0.15) is 35.8 Å². The highest BCUT2D eigenvalue weighted by molar-refractivity contribution is 6.07. The highest BCUT2D eigenvalue weighted by Gasteiger charge is 2.25. The summed E-state index contributed by atoms with van der Waals surface area (Å²) in [6.07, 6.45) is 2.34. The Hall–Kier alpha value is -2.73. The standard InChI is InChI=1S/C22H27N5O/c1-4-27-12-8-11-17(27)14-23-22(28)18-13-19(16-9-6-5-7-10-16)24-21-20(18)15(2)25-26(21)3/h5-7,9-10,13,17H,4,8,11-12,14H2,1-3H3,(H,23,28). The van der Waals surface area contributed by atoms with Crippen molar-refractivity contribution in [2.24, 2.45) is 7.05 Å². The lowest BCUT2D eigenvalue weighted by atomic mass is 10.0. The Bertz CT molecular complexity index is 995. The second-order valence-electron chi connectivity index (χ2n) is 7.46. The fourth-order valence-electron chi connectivity index (χ4n) is 4.23. The summed E-state index contributed by atoms with van der Waals surface area (Å²) in [7, 11) is 1.87. The number of likely N-dealkylation sites (N-methyl/N-ethyl adjacent to an activating group) is 1. The first-order valence-electron chi connectivity index (χ1n) is 10.0. The number of likely N-dealkylation sites (tertiary alicyclic amines) is 1. The fourth-order valence-corrected chi connectivity index (χ4v) is 4.23. The van der Waals surface area contributed by atoms with Crippen LogP contribution in [0, 0.1) is 6.92 Å². The molecule has 1 fully saturated rings. The molecular weight excluding hydrogens is 350 g/mol. The van der Waals surface area contributed by atoms with Crippen molar-refractivity contribution in [1.29, 1.82) is 0 Å². The number of fused-ring (bicyclic) bond motifs is 1. The summed E-state index contributed by atoms with van der Waals surface area (Å²) >= 11 is 0. The highest BCUT2D eigenvalue weighted by atomic mass is 16.1. The average Bonchev–Trinajstić information content (AvgIpc) is 3.30. The number of hydrogen-bond donors (Lipinski definition) is 1. The molecule has 28 heavy (non-hydrogen) atoms. The van der Waals surface area contributed by atoms with Crippen molar-refractivity contribution in [2.75, 3.05) is 19.6 Å². The molecule has 0 bridgehead atoms. The molecule has 1 atom stereocenters. The van der Waals surface area contributed by atoms with Gasteiger partial charge in [-0.1, -0.05) is 37.3 Å². The number of nitrogens with one attached hydrogen (secondary N) is 1. The molecule has 2 aromatic heterocycles. The van der Waals surface area contributed by atoms with Crippen LogP contribution in [-0.2, 0) is 7.05 Å². The largest absolute Gasteiger partial charge is 0.350 e. The van der Waals surface area contributed by atoms with Crippen molar-refractivity contribution in [2.45, 2.75) is 32.7 Å². The Morgan fingerprint density at radius 2 is 2.07 bits per heavy atom. The normalized spacial score (nSPS) is 17.3. The predicted octanol–water partition coefficient (Wildman–Crippen LogP) is 3.16. The zero-order chi connectivity index (χ0) is 19.7. The molecule has 6 nitrogen and oxygen atoms in total. The summed E-state index contributed by atoms with van der Waals surface area (Å²) in [5.74, 6) is -0.0522. The smallest absolute Gasteiger partial charge is 0.252 e. The molecule has 1 aliphatic heterocycles. The van der Waals surface area contributed by atoms with Crippen LogP contribution in [0.5, 0.6) is 0 Å². The van der Waals surface area contributed by atoms with Crippen LogP contribution < -0.4 is 5.32 Å². The molecule has 0 spiro atoms. The van der Waals surface area contributed by atoms with Crippen LogP contribution in [0.15, 0.2) is 36.4 Å². The van der Waals surface area contributed by atoms with Gasteiger partial charge in [-0.3, -0.25) is 14.4 Å². The van der Waals surface area contributed by atoms with Crippen LogP contribution in [0.3, 0.4) is 0 Å². The molecule has 1 N–H and O–H groups in total. The van der Waals surface area contributed by atoms with Gasteiger partial charge in [-0.25, -0.2) is 4.98 Å². The summed E-state index contributed by atoms with van der Waals surface area (Å²) < 4.78 is 1.75. The predicted molar refractivity (Wildman–Crippen MR) is 111 cm³/mol. The Morgan fingerprint density at radius 1 is 1.29 bits per heavy atom. The van der Waals surface area contributed by atoms with Crippen LogP contribution in [-0.4, -0.2) is 51.2 Å². The lowest BCUT2D eigenvalue weighted by molar-refractivity contribution is 0.0943.